The van der Waals surface area contributed by atoms with Crippen molar-refractivity contribution in [3.8, 4) is 11.5 Å². The molecular weight excluding hydrogens is 1960 g/mol. The summed E-state index contributed by atoms with van der Waals surface area (Å²) < 4.78 is 17.3. The Hall–Kier alpha value is -10.3. The molecule has 123 heavy (non-hydrogen) atoms. The fourth-order valence-corrected chi connectivity index (χ4v) is 15.8. The number of nitrogens with zero attached hydrogens (tertiary/aromatic N) is 10. The molecule has 11 rings (SSSR count). The number of hydrogen-bond donors (Lipinski definition) is 3. The Morgan fingerprint density at radius 3 is 0.967 bits per heavy atom. The van der Waals surface area contributed by atoms with E-state index in [1.54, 1.807) is 36.7 Å². The number of fused-ring (bicyclic) bond motifs is 2. The van der Waals surface area contributed by atoms with Gasteiger partial charge in [-0.1, -0.05) is 205 Å². The molecule has 1 aliphatic rings. The van der Waals surface area contributed by atoms with Crippen molar-refractivity contribution >= 4 is 176 Å². The van der Waals surface area contributed by atoms with Crippen LogP contribution in [0, 0.1) is 0 Å². The predicted molar refractivity (Wildman–Crippen MR) is 493 cm³/mol. The van der Waals surface area contributed by atoms with Crippen LogP contribution in [0.5, 0.6) is 11.5 Å². The molecule has 1 fully saturated rings. The molecule has 1 atom stereocenters. The summed E-state index contributed by atoms with van der Waals surface area (Å²) in [7, 11) is 0. The molecule has 10 amide bonds. The number of ether oxygens (including phenoxy) is 2. The largest absolute Gasteiger partial charge is 0.481 e. The van der Waals surface area contributed by atoms with Gasteiger partial charge in [0, 0.05) is 89.3 Å². The number of para-hydroxylation sites is 2. The van der Waals surface area contributed by atoms with Gasteiger partial charge >= 0.3 is 0 Å². The minimum absolute atomic E-state index is 0.00211. The number of primary amides is 1. The van der Waals surface area contributed by atoms with Crippen LogP contribution in [0.1, 0.15) is 33.4 Å². The Morgan fingerprint density at radius 2 is 0.659 bits per heavy atom. The van der Waals surface area contributed by atoms with Crippen molar-refractivity contribution in [2.75, 3.05) is 144 Å². The lowest BCUT2D eigenvalue weighted by Crippen LogP contribution is -2.64. The van der Waals surface area contributed by atoms with Crippen LogP contribution >= 0.6 is 95.6 Å². The summed E-state index contributed by atoms with van der Waals surface area (Å²) in [4.78, 5) is 166. The maximum absolute atomic E-state index is 15.8. The SMILES string of the molecule is NC(=O)CN(CCc1ccc(Br)cc1)C(=O)CN(CCc1ccc(Br)cc1)C(=O)CN(CCc1ccc(Br)cc1)C(=O)CN(CCc1ccc(Br)cc1)C(=O)CN(CCc1ccc(Br)cc1)C(=O)CN(CCc1ccc(Br)cc1)C(=O)CN(CC[N+]1(CCNC(=O)COc2cccc3cccnc23)CCNC(=O)C1)C(=O)COc1cccc2cccnc12. The quantitative estimate of drug-likeness (QED) is 0.0299. The number of rotatable bonds is 44. The number of carbonyl (C=O) groups is 10. The number of quaternary nitrogens is 1. The van der Waals surface area contributed by atoms with Gasteiger partial charge in [0.15, 0.2) is 19.8 Å². The number of pyridine rings is 2. The Kier molecular flexibility index (Phi) is 35.7. The van der Waals surface area contributed by atoms with Gasteiger partial charge in [0.1, 0.15) is 29.1 Å². The molecule has 0 saturated carbocycles. The number of carbonyl (C=O) groups excluding carboxylic acids is 10. The van der Waals surface area contributed by atoms with E-state index in [1.165, 1.54) is 34.3 Å². The molecular formula is C92H96Br6N13O12+. The standard InChI is InChI=1S/C92H95Br6N13O12/c93-73-23-11-65(12-24-73)35-45-104(55-81(99)112)84(115)56-105(46-36-66-13-25-74(94)26-14-66)85(116)57-106(47-37-67-15-27-75(95)28-16-67)86(117)58-107(48-38-68-17-29-76(96)30-18-68)87(118)59-108(49-39-69-19-31-77(97)32-20-69)88(119)60-109(50-40-70-21-33-78(98)34-22-70)89(120)61-110(90(121)64-123-80-10-2-6-72-8-4-42-103-92(72)80)51-54-111(52-43-100-82(113)62-111)53-44-101-83(114)63-122-79-9-1-5-71-7-3-41-102-91(71)79/h1-34,41-42H,35-40,43-64H2,(H3-,99,100,101,112,113,114)/p+1. The highest BCUT2D eigenvalue weighted by molar-refractivity contribution is 9.11. The molecule has 0 aliphatic carbocycles. The molecule has 1 unspecified atom stereocenters. The van der Waals surface area contributed by atoms with E-state index in [2.05, 4.69) is 116 Å². The molecule has 1 saturated heterocycles. The lowest BCUT2D eigenvalue weighted by Gasteiger charge is -2.42. The number of nitrogens with two attached hydrogens (primary N) is 1. The number of aromatic nitrogens is 2. The van der Waals surface area contributed by atoms with Gasteiger partial charge in [0.05, 0.1) is 78.5 Å². The minimum atomic E-state index is -0.740. The smallest absolute Gasteiger partial charge is 0.275 e. The summed E-state index contributed by atoms with van der Waals surface area (Å²) in [6.45, 7) is -3.25. The molecule has 642 valence electrons. The highest BCUT2D eigenvalue weighted by atomic mass is 79.9. The summed E-state index contributed by atoms with van der Waals surface area (Å²) in [5, 5.41) is 7.48. The molecule has 0 bridgehead atoms. The molecule has 25 nitrogen and oxygen atoms in total. The zero-order valence-corrected chi connectivity index (χ0v) is 77.3. The number of hydrogen-bond acceptors (Lipinski definition) is 14. The number of piperazine rings is 1. The van der Waals surface area contributed by atoms with Crippen molar-refractivity contribution < 1.29 is 61.9 Å². The van der Waals surface area contributed by atoms with Crippen LogP contribution < -0.4 is 25.8 Å². The summed E-state index contributed by atoms with van der Waals surface area (Å²) >= 11 is 21.1. The van der Waals surface area contributed by atoms with E-state index in [-0.39, 0.29) is 115 Å². The molecule has 3 heterocycles. The summed E-state index contributed by atoms with van der Waals surface area (Å²) in [6, 6.07) is 63.3. The lowest BCUT2D eigenvalue weighted by atomic mass is 10.1. The molecule has 10 aromatic rings. The molecule has 0 spiro atoms. The van der Waals surface area contributed by atoms with Crippen LogP contribution in [-0.2, 0) is 86.5 Å². The van der Waals surface area contributed by atoms with E-state index in [4.69, 9.17) is 15.2 Å². The van der Waals surface area contributed by atoms with Crippen molar-refractivity contribution in [2.24, 2.45) is 5.73 Å². The number of nitrogens with one attached hydrogen (secondary N) is 2. The number of halogens is 6. The third-order valence-electron chi connectivity index (χ3n) is 21.3. The van der Waals surface area contributed by atoms with Crippen LogP contribution in [0.15, 0.2) is 245 Å². The second kappa shape index (κ2) is 47.0. The normalized spacial score (nSPS) is 13.0. The predicted octanol–water partition coefficient (Wildman–Crippen LogP) is 11.6. The Morgan fingerprint density at radius 1 is 0.366 bits per heavy atom. The first-order valence-electron chi connectivity index (χ1n) is 40.4. The van der Waals surface area contributed by atoms with Gasteiger partial charge in [-0.15, -0.1) is 0 Å². The Labute approximate surface area is 765 Å². The molecule has 4 N–H and O–H groups in total. The summed E-state index contributed by atoms with van der Waals surface area (Å²) in [5.41, 5.74) is 12.0. The van der Waals surface area contributed by atoms with E-state index in [0.717, 1.165) is 71.0 Å². The average molecular weight is 2060 g/mol. The van der Waals surface area contributed by atoms with Gasteiger partial charge in [-0.25, -0.2) is 0 Å². The highest BCUT2D eigenvalue weighted by Crippen LogP contribution is 2.27. The van der Waals surface area contributed by atoms with E-state index in [9.17, 15) is 19.2 Å². The van der Waals surface area contributed by atoms with E-state index >= 15 is 28.8 Å². The van der Waals surface area contributed by atoms with Gasteiger partial charge < -0.3 is 64.6 Å². The zero-order valence-electron chi connectivity index (χ0n) is 67.8. The van der Waals surface area contributed by atoms with Crippen molar-refractivity contribution in [1.82, 2.24) is 54.9 Å². The van der Waals surface area contributed by atoms with Crippen LogP contribution in [0.3, 0.4) is 0 Å². The Bertz CT molecular complexity index is 5290. The molecule has 1 aliphatic heterocycles. The number of amides is 10. The average Bonchev–Trinajstić information content (AvgIpc) is 0.372. The third kappa shape index (κ3) is 29.7. The van der Waals surface area contributed by atoms with E-state index in [0.29, 0.717) is 48.5 Å². The fourth-order valence-electron chi connectivity index (χ4n) is 14.2. The molecule has 2 aromatic heterocycles. The van der Waals surface area contributed by atoms with Crippen molar-refractivity contribution in [1.29, 1.82) is 0 Å². The third-order valence-corrected chi connectivity index (χ3v) is 24.5. The fraction of sp³-hybridized carbons (Fsp3) is 0.304. The zero-order chi connectivity index (χ0) is 87.2. The van der Waals surface area contributed by atoms with Crippen LogP contribution in [0.25, 0.3) is 21.8 Å². The van der Waals surface area contributed by atoms with Crippen molar-refractivity contribution in [3.05, 3.63) is 279 Å². The van der Waals surface area contributed by atoms with E-state index in [1.807, 2.05) is 182 Å². The molecule has 0 radical (unpaired) electrons. The van der Waals surface area contributed by atoms with Gasteiger partial charge in [-0.2, -0.15) is 0 Å². The van der Waals surface area contributed by atoms with Gasteiger partial charge in [0.25, 0.3) is 17.7 Å². The Balaban J connectivity index is 0.878. The summed E-state index contributed by atoms with van der Waals surface area (Å²) in [6.07, 6.45) is 5.01. The van der Waals surface area contributed by atoms with E-state index < -0.39 is 106 Å². The van der Waals surface area contributed by atoms with Crippen molar-refractivity contribution in [3.63, 3.8) is 0 Å². The minimum Gasteiger partial charge on any atom is -0.481 e. The first-order chi connectivity index (χ1) is 59.3. The maximum Gasteiger partial charge on any atom is 0.275 e. The first kappa shape index (κ1) is 93.4. The first-order valence-corrected chi connectivity index (χ1v) is 45.1. The summed E-state index contributed by atoms with van der Waals surface area (Å²) in [5.74, 6) is -4.79. The van der Waals surface area contributed by atoms with Gasteiger partial charge in [-0.05, 0) is 169 Å². The molecule has 8 aromatic carbocycles. The number of benzene rings is 8. The van der Waals surface area contributed by atoms with Crippen LogP contribution in [-0.4, -0.2) is 252 Å². The topological polar surface area (TPSA) is 288 Å². The lowest BCUT2D eigenvalue weighted by molar-refractivity contribution is -0.920. The van der Waals surface area contributed by atoms with Crippen molar-refractivity contribution in [2.45, 2.75) is 38.5 Å². The highest BCUT2D eigenvalue weighted by Gasteiger charge is 2.37. The van der Waals surface area contributed by atoms with Crippen LogP contribution in [0.4, 0.5) is 0 Å². The molecule has 31 heteroatoms. The second-order valence-corrected chi connectivity index (χ2v) is 35.5. The van der Waals surface area contributed by atoms with Gasteiger partial charge in [-0.3, -0.25) is 57.9 Å². The van der Waals surface area contributed by atoms with Gasteiger partial charge in [0.2, 0.25) is 41.4 Å². The second-order valence-electron chi connectivity index (χ2n) is 30.0. The monoisotopic (exact) mass is 2050 g/mol. The maximum atomic E-state index is 15.8. The van der Waals surface area contributed by atoms with Crippen LogP contribution in [0.2, 0.25) is 0 Å².